The molecule has 1 rings (SSSR count). The van der Waals surface area contributed by atoms with Crippen LogP contribution in [-0.2, 0) is 14.3 Å². The van der Waals surface area contributed by atoms with E-state index in [1.54, 1.807) is 6.08 Å². The Morgan fingerprint density at radius 3 is 2.76 bits per heavy atom. The van der Waals surface area contributed by atoms with Gasteiger partial charge in [-0.1, -0.05) is 36.9 Å². The molecule has 3 heteroatoms. The van der Waals surface area contributed by atoms with Crippen LogP contribution >= 0.6 is 0 Å². The third-order valence-corrected chi connectivity index (χ3v) is 2.23. The first kappa shape index (κ1) is 13.2. The first-order chi connectivity index (χ1) is 8.16. The molecule has 0 aliphatic carbocycles. The first-order valence-corrected chi connectivity index (χ1v) is 5.27. The number of hydrogen-bond donors (Lipinski definition) is 0. The van der Waals surface area contributed by atoms with Crippen molar-refractivity contribution in [2.75, 3.05) is 13.4 Å². The van der Waals surface area contributed by atoms with Crippen LogP contribution < -0.4 is 0 Å². The van der Waals surface area contributed by atoms with Gasteiger partial charge in [0.1, 0.15) is 0 Å². The minimum absolute atomic E-state index is 0.0875. The highest BCUT2D eigenvalue weighted by Gasteiger charge is 2.12. The zero-order valence-corrected chi connectivity index (χ0v) is 9.94. The first-order valence-electron chi connectivity index (χ1n) is 5.27. The Morgan fingerprint density at radius 1 is 1.41 bits per heavy atom. The van der Waals surface area contributed by atoms with Gasteiger partial charge in [-0.15, -0.1) is 6.58 Å². The maximum absolute atomic E-state index is 11.6. The van der Waals surface area contributed by atoms with Crippen LogP contribution in [0.1, 0.15) is 11.1 Å². The zero-order valence-electron chi connectivity index (χ0n) is 9.94. The zero-order chi connectivity index (χ0) is 12.7. The van der Waals surface area contributed by atoms with E-state index in [0.717, 1.165) is 11.1 Å². The molecule has 0 saturated heterocycles. The molecule has 17 heavy (non-hydrogen) atoms. The summed E-state index contributed by atoms with van der Waals surface area (Å²) < 4.78 is 9.87. The fourth-order valence-electron chi connectivity index (χ4n) is 1.34. The molecule has 0 unspecified atom stereocenters. The number of esters is 1. The topological polar surface area (TPSA) is 35.5 Å². The van der Waals surface area contributed by atoms with Gasteiger partial charge in [-0.25, -0.2) is 4.79 Å². The van der Waals surface area contributed by atoms with Gasteiger partial charge in [-0.2, -0.15) is 0 Å². The minimum Gasteiger partial charge on any atom is -0.435 e. The normalized spacial score (nSPS) is 9.71. The van der Waals surface area contributed by atoms with Gasteiger partial charge in [-0.3, -0.25) is 0 Å². The van der Waals surface area contributed by atoms with Crippen LogP contribution in [0.4, 0.5) is 0 Å². The summed E-state index contributed by atoms with van der Waals surface area (Å²) >= 11 is 0. The van der Waals surface area contributed by atoms with Crippen LogP contribution in [0, 0.1) is 6.92 Å². The van der Waals surface area contributed by atoms with Crippen molar-refractivity contribution in [2.24, 2.45) is 0 Å². The molecule has 0 heterocycles. The Bertz CT molecular complexity index is 421. The Kier molecular flexibility index (Phi) is 5.17. The number of aryl methyl sites for hydroxylation is 1. The van der Waals surface area contributed by atoms with E-state index in [1.165, 1.54) is 0 Å². The summed E-state index contributed by atoms with van der Waals surface area (Å²) in [4.78, 5) is 11.6. The van der Waals surface area contributed by atoms with Crippen molar-refractivity contribution >= 4 is 11.5 Å². The Hall–Kier alpha value is -1.87. The third-order valence-electron chi connectivity index (χ3n) is 2.23. The molecule has 3 nitrogen and oxygen atoms in total. The lowest BCUT2D eigenvalue weighted by molar-refractivity contribution is -0.147. The fraction of sp³-hybridized carbons (Fsp3) is 0.214. The van der Waals surface area contributed by atoms with E-state index in [-0.39, 0.29) is 6.79 Å². The average Bonchev–Trinajstić information content (AvgIpc) is 2.34. The lowest BCUT2D eigenvalue weighted by atomic mass is 10.0. The van der Waals surface area contributed by atoms with E-state index in [0.29, 0.717) is 12.2 Å². The molecule has 0 atom stereocenters. The number of hydrogen-bond acceptors (Lipinski definition) is 3. The maximum atomic E-state index is 11.6. The van der Waals surface area contributed by atoms with Crippen LogP contribution in [0.3, 0.4) is 0 Å². The highest BCUT2D eigenvalue weighted by atomic mass is 16.7. The van der Waals surface area contributed by atoms with Crippen LogP contribution in [-0.4, -0.2) is 19.4 Å². The highest BCUT2D eigenvalue weighted by Crippen LogP contribution is 2.17. The average molecular weight is 232 g/mol. The number of rotatable bonds is 6. The molecule has 0 N–H and O–H groups in total. The van der Waals surface area contributed by atoms with Crippen LogP contribution in [0.15, 0.2) is 43.5 Å². The second-order valence-corrected chi connectivity index (χ2v) is 3.50. The Morgan fingerprint density at radius 2 is 2.12 bits per heavy atom. The smallest absolute Gasteiger partial charge is 0.340 e. The maximum Gasteiger partial charge on any atom is 0.340 e. The number of benzene rings is 1. The molecule has 0 aliphatic heterocycles. The Balaban J connectivity index is 2.55. The summed E-state index contributed by atoms with van der Waals surface area (Å²) in [6, 6.07) is 7.52. The number of carbonyl (C=O) groups excluding carboxylic acids is 1. The van der Waals surface area contributed by atoms with Crippen molar-refractivity contribution < 1.29 is 14.3 Å². The predicted molar refractivity (Wildman–Crippen MR) is 67.3 cm³/mol. The molecule has 0 bridgehead atoms. The molecule has 90 valence electrons. The largest absolute Gasteiger partial charge is 0.435 e. The molecule has 0 spiro atoms. The summed E-state index contributed by atoms with van der Waals surface area (Å²) in [5.74, 6) is -0.469. The van der Waals surface area contributed by atoms with Crippen molar-refractivity contribution in [2.45, 2.75) is 6.92 Å². The van der Waals surface area contributed by atoms with Gasteiger partial charge in [0.15, 0.2) is 6.79 Å². The fourth-order valence-corrected chi connectivity index (χ4v) is 1.34. The minimum atomic E-state index is -0.469. The van der Waals surface area contributed by atoms with Crippen LogP contribution in [0.2, 0.25) is 0 Å². The van der Waals surface area contributed by atoms with Crippen molar-refractivity contribution in [3.8, 4) is 0 Å². The van der Waals surface area contributed by atoms with E-state index in [9.17, 15) is 4.79 Å². The third kappa shape index (κ3) is 3.89. The second-order valence-electron chi connectivity index (χ2n) is 3.50. The summed E-state index contributed by atoms with van der Waals surface area (Å²) in [5, 5.41) is 0. The number of ether oxygens (including phenoxy) is 2. The summed E-state index contributed by atoms with van der Waals surface area (Å²) in [7, 11) is 0. The monoisotopic (exact) mass is 232 g/mol. The standard InChI is InChI=1S/C14H16O3/c1-4-9-16-10-17-14(15)12(3)13-8-6-5-7-11(13)2/h4-8H,1,3,9-10H2,2H3. The molecule has 0 fully saturated rings. The van der Waals surface area contributed by atoms with Gasteiger partial charge >= 0.3 is 5.97 Å². The van der Waals surface area contributed by atoms with Gasteiger partial charge < -0.3 is 9.47 Å². The molecule has 0 saturated carbocycles. The highest BCUT2D eigenvalue weighted by molar-refractivity contribution is 6.15. The summed E-state index contributed by atoms with van der Waals surface area (Å²) in [6.45, 7) is 9.41. The molecular weight excluding hydrogens is 216 g/mol. The van der Waals surface area contributed by atoms with E-state index in [1.807, 2.05) is 31.2 Å². The van der Waals surface area contributed by atoms with E-state index < -0.39 is 5.97 Å². The molecule has 0 amide bonds. The van der Waals surface area contributed by atoms with Crippen molar-refractivity contribution in [3.63, 3.8) is 0 Å². The number of carbonyl (C=O) groups is 1. The van der Waals surface area contributed by atoms with Gasteiger partial charge in [0, 0.05) is 0 Å². The van der Waals surface area contributed by atoms with E-state index in [4.69, 9.17) is 9.47 Å². The molecule has 1 aromatic carbocycles. The van der Waals surface area contributed by atoms with Gasteiger partial charge in [-0.05, 0) is 18.1 Å². The van der Waals surface area contributed by atoms with E-state index >= 15 is 0 Å². The molecule has 0 aliphatic rings. The molecule has 0 radical (unpaired) electrons. The van der Waals surface area contributed by atoms with Crippen molar-refractivity contribution in [1.82, 2.24) is 0 Å². The van der Waals surface area contributed by atoms with Crippen molar-refractivity contribution in [3.05, 3.63) is 54.6 Å². The van der Waals surface area contributed by atoms with Crippen LogP contribution in [0.25, 0.3) is 5.57 Å². The molecule has 1 aromatic rings. The molecular formula is C14H16O3. The lowest BCUT2D eigenvalue weighted by Gasteiger charge is -2.09. The Labute approximate surface area is 101 Å². The SMILES string of the molecule is C=CCOCOC(=O)C(=C)c1ccccc1C. The van der Waals surface area contributed by atoms with Gasteiger partial charge in [0.2, 0.25) is 0 Å². The van der Waals surface area contributed by atoms with Gasteiger partial charge in [0.25, 0.3) is 0 Å². The quantitative estimate of drug-likeness (QED) is 0.249. The summed E-state index contributed by atoms with van der Waals surface area (Å²) in [5.41, 5.74) is 2.12. The summed E-state index contributed by atoms with van der Waals surface area (Å²) in [6.07, 6.45) is 1.59. The predicted octanol–water partition coefficient (Wildman–Crippen LogP) is 2.71. The van der Waals surface area contributed by atoms with E-state index in [2.05, 4.69) is 13.2 Å². The van der Waals surface area contributed by atoms with Crippen molar-refractivity contribution in [1.29, 1.82) is 0 Å². The van der Waals surface area contributed by atoms with Crippen LogP contribution in [0.5, 0.6) is 0 Å². The molecule has 0 aromatic heterocycles. The second kappa shape index (κ2) is 6.66. The van der Waals surface area contributed by atoms with Gasteiger partial charge in [0.05, 0.1) is 12.2 Å². The lowest BCUT2D eigenvalue weighted by Crippen LogP contribution is -2.10.